The van der Waals surface area contributed by atoms with E-state index in [1.807, 2.05) is 0 Å². The molecule has 0 aromatic heterocycles. The second-order valence-corrected chi connectivity index (χ2v) is 6.52. The first-order chi connectivity index (χ1) is 6.15. The van der Waals surface area contributed by atoms with Gasteiger partial charge in [0.1, 0.15) is 0 Å². The maximum absolute atomic E-state index is 2.44. The molecule has 0 saturated heterocycles. The Morgan fingerprint density at radius 1 is 1.08 bits per heavy atom. The van der Waals surface area contributed by atoms with Gasteiger partial charge in [-0.2, -0.15) is 0 Å². The van der Waals surface area contributed by atoms with E-state index < -0.39 is 0 Å². The van der Waals surface area contributed by atoms with Gasteiger partial charge >= 0.3 is 0 Å². The van der Waals surface area contributed by atoms with Gasteiger partial charge in [0, 0.05) is 10.7 Å². The Morgan fingerprint density at radius 3 is 2.08 bits per heavy atom. The number of benzene rings is 1. The van der Waals surface area contributed by atoms with E-state index in [1.54, 1.807) is 0 Å². The first-order valence-corrected chi connectivity index (χ1v) is 7.52. The highest BCUT2D eigenvalue weighted by Gasteiger charge is 2.05. The number of halogens is 3. The second kappa shape index (κ2) is 6.09. The largest absolute Gasteiger partial charge is 0.0654 e. The van der Waals surface area contributed by atoms with Gasteiger partial charge in [-0.15, -0.1) is 0 Å². The van der Waals surface area contributed by atoms with Crippen LogP contribution in [0.3, 0.4) is 0 Å². The maximum atomic E-state index is 2.44. The van der Waals surface area contributed by atoms with E-state index in [0.29, 0.717) is 0 Å². The third-order valence-corrected chi connectivity index (χ3v) is 4.43. The van der Waals surface area contributed by atoms with E-state index in [0.717, 1.165) is 0 Å². The van der Waals surface area contributed by atoms with Gasteiger partial charge < -0.3 is 0 Å². The molecule has 1 rings (SSSR count). The van der Waals surface area contributed by atoms with E-state index in [9.17, 15) is 0 Å². The lowest BCUT2D eigenvalue weighted by Crippen LogP contribution is -1.94. The predicted molar refractivity (Wildman–Crippen MR) is 83.2 cm³/mol. The highest BCUT2D eigenvalue weighted by molar-refractivity contribution is 14.1. The summed E-state index contributed by atoms with van der Waals surface area (Å²) >= 11 is 7.26. The van der Waals surface area contributed by atoms with Crippen LogP contribution in [0, 0.1) is 10.7 Å². The highest BCUT2D eigenvalue weighted by atomic mass is 127. The summed E-state index contributed by atoms with van der Waals surface area (Å²) in [6, 6.07) is 4.52. The normalized spacial score (nSPS) is 10.5. The fourth-order valence-corrected chi connectivity index (χ4v) is 5.29. The van der Waals surface area contributed by atoms with Crippen molar-refractivity contribution in [3.63, 3.8) is 0 Å². The van der Waals surface area contributed by atoms with Gasteiger partial charge in [-0.05, 0) is 98.3 Å². The summed E-state index contributed by atoms with van der Waals surface area (Å²) in [4.78, 5) is 0. The Morgan fingerprint density at radius 2 is 1.62 bits per heavy atom. The Labute approximate surface area is 121 Å². The van der Waals surface area contributed by atoms with Crippen molar-refractivity contribution in [3.05, 3.63) is 28.4 Å². The van der Waals surface area contributed by atoms with Crippen molar-refractivity contribution in [2.75, 3.05) is 0 Å². The number of unbranched alkanes of at least 4 members (excludes halogenated alkanes) is 1. The average molecular weight is 512 g/mol. The molecule has 0 amide bonds. The van der Waals surface area contributed by atoms with Crippen LogP contribution in [0.1, 0.15) is 25.3 Å². The summed E-state index contributed by atoms with van der Waals surface area (Å²) in [7, 11) is 0. The first kappa shape index (κ1) is 12.5. The minimum atomic E-state index is 1.23. The van der Waals surface area contributed by atoms with Crippen LogP contribution in [0.15, 0.2) is 12.1 Å². The molecule has 0 nitrogen and oxygen atoms in total. The van der Waals surface area contributed by atoms with Gasteiger partial charge in [0.25, 0.3) is 0 Å². The van der Waals surface area contributed by atoms with Crippen molar-refractivity contribution in [1.29, 1.82) is 0 Å². The maximum Gasteiger partial charge on any atom is 0.0183 e. The first-order valence-electron chi connectivity index (χ1n) is 4.28. The lowest BCUT2D eigenvalue weighted by Gasteiger charge is -2.07. The molecule has 0 radical (unpaired) electrons. The Hall–Kier alpha value is 1.41. The van der Waals surface area contributed by atoms with Gasteiger partial charge in [-0.1, -0.05) is 13.3 Å². The van der Waals surface area contributed by atoms with E-state index in [4.69, 9.17) is 0 Å². The average Bonchev–Trinajstić information content (AvgIpc) is 2.02. The molecule has 0 aliphatic rings. The fraction of sp³-hybridized carbons (Fsp3) is 0.400. The SMILES string of the molecule is CCCCc1c(I)cc(I)cc1I. The monoisotopic (exact) mass is 512 g/mol. The van der Waals surface area contributed by atoms with Crippen molar-refractivity contribution >= 4 is 67.8 Å². The van der Waals surface area contributed by atoms with Crippen LogP contribution in [-0.2, 0) is 6.42 Å². The zero-order chi connectivity index (χ0) is 9.84. The van der Waals surface area contributed by atoms with Crippen molar-refractivity contribution in [3.8, 4) is 0 Å². The highest BCUT2D eigenvalue weighted by Crippen LogP contribution is 2.24. The third kappa shape index (κ3) is 3.81. The van der Waals surface area contributed by atoms with Gasteiger partial charge in [0.05, 0.1) is 0 Å². The molecule has 0 fully saturated rings. The van der Waals surface area contributed by atoms with Crippen LogP contribution in [-0.4, -0.2) is 0 Å². The summed E-state index contributed by atoms with van der Waals surface area (Å²) in [5.41, 5.74) is 1.53. The minimum absolute atomic E-state index is 1.23. The molecule has 13 heavy (non-hydrogen) atoms. The Bertz CT molecular complexity index is 271. The van der Waals surface area contributed by atoms with Crippen LogP contribution in [0.25, 0.3) is 0 Å². The standard InChI is InChI=1S/C10H11I3/c1-2-3-4-8-9(12)5-7(11)6-10(8)13/h5-6H,2-4H2,1H3. The number of rotatable bonds is 3. The molecule has 0 aliphatic carbocycles. The zero-order valence-corrected chi connectivity index (χ0v) is 13.9. The van der Waals surface area contributed by atoms with Crippen LogP contribution in [0.2, 0.25) is 0 Å². The summed E-state index contributed by atoms with van der Waals surface area (Å²) in [5, 5.41) is 0. The molecular weight excluding hydrogens is 501 g/mol. The lowest BCUT2D eigenvalue weighted by molar-refractivity contribution is 0.789. The predicted octanol–water partition coefficient (Wildman–Crippen LogP) is 4.84. The molecule has 0 N–H and O–H groups in total. The topological polar surface area (TPSA) is 0 Å². The van der Waals surface area contributed by atoms with Gasteiger partial charge in [0.15, 0.2) is 0 Å². The summed E-state index contributed by atoms with van der Waals surface area (Å²) < 4.78 is 4.18. The van der Waals surface area contributed by atoms with Gasteiger partial charge in [-0.3, -0.25) is 0 Å². The molecule has 0 aliphatic heterocycles. The van der Waals surface area contributed by atoms with Crippen molar-refractivity contribution < 1.29 is 0 Å². The van der Waals surface area contributed by atoms with Gasteiger partial charge in [-0.25, -0.2) is 0 Å². The van der Waals surface area contributed by atoms with Crippen LogP contribution >= 0.6 is 67.8 Å². The molecular formula is C10H11I3. The molecule has 72 valence electrons. The van der Waals surface area contributed by atoms with E-state index >= 15 is 0 Å². The van der Waals surface area contributed by atoms with E-state index in [-0.39, 0.29) is 0 Å². The molecule has 0 spiro atoms. The second-order valence-electron chi connectivity index (χ2n) is 2.95. The van der Waals surface area contributed by atoms with E-state index in [2.05, 4.69) is 86.8 Å². The van der Waals surface area contributed by atoms with Crippen LogP contribution in [0.4, 0.5) is 0 Å². The minimum Gasteiger partial charge on any atom is -0.0654 e. The molecule has 1 aromatic carbocycles. The number of hydrogen-bond acceptors (Lipinski definition) is 0. The molecule has 0 bridgehead atoms. The number of hydrogen-bond donors (Lipinski definition) is 0. The molecule has 0 heterocycles. The molecule has 0 atom stereocenters. The summed E-state index contributed by atoms with van der Waals surface area (Å²) in [5.74, 6) is 0. The van der Waals surface area contributed by atoms with Crippen molar-refractivity contribution in [2.45, 2.75) is 26.2 Å². The van der Waals surface area contributed by atoms with E-state index in [1.165, 1.54) is 35.5 Å². The fourth-order valence-electron chi connectivity index (χ4n) is 1.16. The van der Waals surface area contributed by atoms with Crippen LogP contribution < -0.4 is 0 Å². The molecule has 3 heteroatoms. The van der Waals surface area contributed by atoms with Crippen molar-refractivity contribution in [2.24, 2.45) is 0 Å². The molecule has 0 saturated carbocycles. The summed E-state index contributed by atoms with van der Waals surface area (Å²) in [6.45, 7) is 2.24. The lowest BCUT2D eigenvalue weighted by atomic mass is 10.1. The third-order valence-electron chi connectivity index (χ3n) is 1.89. The van der Waals surface area contributed by atoms with Gasteiger partial charge in [0.2, 0.25) is 0 Å². The quantitative estimate of drug-likeness (QED) is 0.509. The smallest absolute Gasteiger partial charge is 0.0183 e. The summed E-state index contributed by atoms with van der Waals surface area (Å²) in [6.07, 6.45) is 3.80. The van der Waals surface area contributed by atoms with Crippen LogP contribution in [0.5, 0.6) is 0 Å². The molecule has 0 unspecified atom stereocenters. The van der Waals surface area contributed by atoms with Crippen molar-refractivity contribution in [1.82, 2.24) is 0 Å². The molecule has 1 aromatic rings. The zero-order valence-electron chi connectivity index (χ0n) is 7.41. The Balaban J connectivity index is 2.92. The Kier molecular flexibility index (Phi) is 5.85.